The molecule has 1 aliphatic rings. The van der Waals surface area contributed by atoms with E-state index in [4.69, 9.17) is 14.2 Å². The molecule has 9 heteroatoms. The van der Waals surface area contributed by atoms with Crippen LogP contribution < -0.4 is 19.5 Å². The number of rotatable bonds is 8. The van der Waals surface area contributed by atoms with Crippen molar-refractivity contribution in [3.8, 4) is 17.2 Å². The van der Waals surface area contributed by atoms with Crippen LogP contribution in [-0.2, 0) is 14.8 Å². The molecule has 8 nitrogen and oxygen atoms in total. The molecule has 0 bridgehead atoms. The van der Waals surface area contributed by atoms with Crippen LogP contribution in [0.25, 0.3) is 0 Å². The molecule has 0 radical (unpaired) electrons. The average molecular weight is 435 g/mol. The summed E-state index contributed by atoms with van der Waals surface area (Å²) in [5, 5.41) is 2.73. The summed E-state index contributed by atoms with van der Waals surface area (Å²) < 4.78 is 42.8. The highest BCUT2D eigenvalue weighted by Crippen LogP contribution is 2.30. The van der Waals surface area contributed by atoms with E-state index in [1.807, 2.05) is 0 Å². The highest BCUT2D eigenvalue weighted by Gasteiger charge is 2.27. The first-order valence-corrected chi connectivity index (χ1v) is 11.0. The Hall–Kier alpha value is -2.78. The molecule has 2 aromatic carbocycles. The van der Waals surface area contributed by atoms with Gasteiger partial charge >= 0.3 is 0 Å². The first-order chi connectivity index (χ1) is 14.3. The second-order valence-corrected chi connectivity index (χ2v) is 8.88. The SMILES string of the molecule is COc1ccc(NC(=O)COc2ccc(S(=O)(=O)N3CCCC3)cc2C)cc1OC. The molecular formula is C21H26N2O6S. The maximum atomic E-state index is 12.7. The van der Waals surface area contributed by atoms with Gasteiger partial charge in [0.15, 0.2) is 18.1 Å². The minimum atomic E-state index is -3.49. The Balaban J connectivity index is 1.62. The smallest absolute Gasteiger partial charge is 0.262 e. The van der Waals surface area contributed by atoms with Crippen LogP contribution in [0.4, 0.5) is 5.69 Å². The molecule has 1 saturated heterocycles. The number of hydrogen-bond donors (Lipinski definition) is 1. The number of anilines is 1. The Labute approximate surface area is 176 Å². The van der Waals surface area contributed by atoms with Crippen LogP contribution in [0.3, 0.4) is 0 Å². The van der Waals surface area contributed by atoms with E-state index < -0.39 is 10.0 Å². The van der Waals surface area contributed by atoms with Crippen molar-refractivity contribution in [2.24, 2.45) is 0 Å². The van der Waals surface area contributed by atoms with Crippen molar-refractivity contribution in [3.63, 3.8) is 0 Å². The Morgan fingerprint density at radius 3 is 2.30 bits per heavy atom. The van der Waals surface area contributed by atoms with E-state index in [1.165, 1.54) is 24.6 Å². The number of benzene rings is 2. The standard InChI is InChI=1S/C21H26N2O6S/c1-15-12-17(30(25,26)23-10-4-5-11-23)7-9-18(15)29-14-21(24)22-16-6-8-19(27-2)20(13-16)28-3/h6-9,12-13H,4-5,10-11,14H2,1-3H3,(H,22,24). The van der Waals surface area contributed by atoms with Crippen LogP contribution >= 0.6 is 0 Å². The van der Waals surface area contributed by atoms with Gasteiger partial charge in [-0.3, -0.25) is 4.79 Å². The minimum Gasteiger partial charge on any atom is -0.493 e. The van der Waals surface area contributed by atoms with Gasteiger partial charge in [0, 0.05) is 24.8 Å². The number of hydrogen-bond acceptors (Lipinski definition) is 6. The third kappa shape index (κ3) is 4.85. The van der Waals surface area contributed by atoms with Gasteiger partial charge < -0.3 is 19.5 Å². The lowest BCUT2D eigenvalue weighted by Crippen LogP contribution is -2.27. The Bertz CT molecular complexity index is 1020. The number of aryl methyl sites for hydroxylation is 1. The van der Waals surface area contributed by atoms with Crippen LogP contribution in [0.1, 0.15) is 18.4 Å². The fraction of sp³-hybridized carbons (Fsp3) is 0.381. The highest BCUT2D eigenvalue weighted by molar-refractivity contribution is 7.89. The summed E-state index contributed by atoms with van der Waals surface area (Å²) in [5.74, 6) is 1.17. The van der Waals surface area contributed by atoms with Gasteiger partial charge in [-0.25, -0.2) is 8.42 Å². The van der Waals surface area contributed by atoms with Gasteiger partial charge in [-0.1, -0.05) is 0 Å². The summed E-state index contributed by atoms with van der Waals surface area (Å²) in [6, 6.07) is 9.72. The molecule has 1 aliphatic heterocycles. The quantitative estimate of drug-likeness (QED) is 0.687. The van der Waals surface area contributed by atoms with Crippen molar-refractivity contribution in [1.29, 1.82) is 0 Å². The van der Waals surface area contributed by atoms with Crippen molar-refractivity contribution < 1.29 is 27.4 Å². The summed E-state index contributed by atoms with van der Waals surface area (Å²) in [5.41, 5.74) is 1.19. The van der Waals surface area contributed by atoms with E-state index in [1.54, 1.807) is 37.3 Å². The Morgan fingerprint density at radius 1 is 1.00 bits per heavy atom. The number of carbonyl (C=O) groups is 1. The van der Waals surface area contributed by atoms with E-state index in [9.17, 15) is 13.2 Å². The highest BCUT2D eigenvalue weighted by atomic mass is 32.2. The second-order valence-electron chi connectivity index (χ2n) is 6.95. The van der Waals surface area contributed by atoms with Crippen LogP contribution in [0.5, 0.6) is 17.2 Å². The topological polar surface area (TPSA) is 94.2 Å². The number of methoxy groups -OCH3 is 2. The number of ether oxygens (including phenoxy) is 3. The molecule has 1 fully saturated rings. The monoisotopic (exact) mass is 434 g/mol. The molecule has 2 aromatic rings. The first-order valence-electron chi connectivity index (χ1n) is 9.60. The van der Waals surface area contributed by atoms with Crippen LogP contribution in [0.2, 0.25) is 0 Å². The van der Waals surface area contributed by atoms with Crippen molar-refractivity contribution >= 4 is 21.6 Å². The summed E-state index contributed by atoms with van der Waals surface area (Å²) in [4.78, 5) is 12.5. The third-order valence-electron chi connectivity index (χ3n) is 4.88. The van der Waals surface area contributed by atoms with E-state index in [0.29, 0.717) is 41.6 Å². The molecule has 0 aliphatic carbocycles. The number of sulfonamides is 1. The van der Waals surface area contributed by atoms with Crippen molar-refractivity contribution in [2.75, 3.05) is 39.2 Å². The third-order valence-corrected chi connectivity index (χ3v) is 6.77. The zero-order chi connectivity index (χ0) is 21.7. The summed E-state index contributed by atoms with van der Waals surface area (Å²) >= 11 is 0. The van der Waals surface area contributed by atoms with Gasteiger partial charge in [0.1, 0.15) is 5.75 Å². The van der Waals surface area contributed by atoms with E-state index in [0.717, 1.165) is 12.8 Å². The van der Waals surface area contributed by atoms with Crippen LogP contribution in [0.15, 0.2) is 41.3 Å². The average Bonchev–Trinajstić information content (AvgIpc) is 3.28. The van der Waals surface area contributed by atoms with Gasteiger partial charge in [0.25, 0.3) is 5.91 Å². The van der Waals surface area contributed by atoms with Crippen molar-refractivity contribution in [2.45, 2.75) is 24.7 Å². The molecule has 0 atom stereocenters. The number of amides is 1. The molecule has 162 valence electrons. The van der Waals surface area contributed by atoms with Gasteiger partial charge in [-0.2, -0.15) is 4.31 Å². The molecule has 30 heavy (non-hydrogen) atoms. The zero-order valence-electron chi connectivity index (χ0n) is 17.3. The lowest BCUT2D eigenvalue weighted by Gasteiger charge is -2.17. The van der Waals surface area contributed by atoms with Gasteiger partial charge in [0.05, 0.1) is 19.1 Å². The normalized spacial score (nSPS) is 14.4. The first kappa shape index (κ1) is 21.9. The molecule has 0 saturated carbocycles. The Morgan fingerprint density at radius 2 is 1.67 bits per heavy atom. The molecular weight excluding hydrogens is 408 g/mol. The maximum Gasteiger partial charge on any atom is 0.262 e. The molecule has 1 heterocycles. The number of nitrogens with one attached hydrogen (secondary N) is 1. The number of nitrogens with zero attached hydrogens (tertiary/aromatic N) is 1. The molecule has 3 rings (SSSR count). The Kier molecular flexibility index (Phi) is 6.84. The van der Waals surface area contributed by atoms with Crippen LogP contribution in [0, 0.1) is 6.92 Å². The van der Waals surface area contributed by atoms with Gasteiger partial charge in [0.2, 0.25) is 10.0 Å². The molecule has 1 amide bonds. The largest absolute Gasteiger partial charge is 0.493 e. The second kappa shape index (κ2) is 9.36. The molecule has 0 unspecified atom stereocenters. The molecule has 1 N–H and O–H groups in total. The van der Waals surface area contributed by atoms with E-state index >= 15 is 0 Å². The zero-order valence-corrected chi connectivity index (χ0v) is 18.1. The van der Waals surface area contributed by atoms with Gasteiger partial charge in [-0.15, -0.1) is 0 Å². The summed E-state index contributed by atoms with van der Waals surface area (Å²) in [6.07, 6.45) is 1.77. The lowest BCUT2D eigenvalue weighted by atomic mass is 10.2. The van der Waals surface area contributed by atoms with Crippen LogP contribution in [-0.4, -0.2) is 52.5 Å². The maximum absolute atomic E-state index is 12.7. The predicted molar refractivity (Wildman–Crippen MR) is 113 cm³/mol. The summed E-state index contributed by atoms with van der Waals surface area (Å²) in [6.45, 7) is 2.64. The van der Waals surface area contributed by atoms with Crippen molar-refractivity contribution in [1.82, 2.24) is 4.31 Å². The minimum absolute atomic E-state index is 0.215. The van der Waals surface area contributed by atoms with Crippen molar-refractivity contribution in [3.05, 3.63) is 42.0 Å². The molecule has 0 aromatic heterocycles. The van der Waals surface area contributed by atoms with E-state index in [-0.39, 0.29) is 17.4 Å². The fourth-order valence-corrected chi connectivity index (χ4v) is 4.88. The summed E-state index contributed by atoms with van der Waals surface area (Å²) in [7, 11) is -0.434. The fourth-order valence-electron chi connectivity index (χ4n) is 3.28. The van der Waals surface area contributed by atoms with E-state index in [2.05, 4.69) is 5.32 Å². The van der Waals surface area contributed by atoms with Gasteiger partial charge in [-0.05, 0) is 55.7 Å². The lowest BCUT2D eigenvalue weighted by molar-refractivity contribution is -0.118. The molecule has 0 spiro atoms. The predicted octanol–water partition coefficient (Wildman–Crippen LogP) is 2.81. The number of carbonyl (C=O) groups excluding carboxylic acids is 1.